The number of ether oxygens (including phenoxy) is 1. The Bertz CT molecular complexity index is 789. The van der Waals surface area contributed by atoms with Gasteiger partial charge in [0, 0.05) is 23.6 Å². The monoisotopic (exact) mass is 299 g/mol. The van der Waals surface area contributed by atoms with Crippen molar-refractivity contribution >= 4 is 17.2 Å². The lowest BCUT2D eigenvalue weighted by Crippen LogP contribution is -1.98. The van der Waals surface area contributed by atoms with Gasteiger partial charge in [-0.05, 0) is 23.9 Å². The van der Waals surface area contributed by atoms with E-state index in [-0.39, 0.29) is 0 Å². The van der Waals surface area contributed by atoms with Crippen molar-refractivity contribution in [1.82, 2.24) is 9.78 Å². The second-order valence-electron chi connectivity index (χ2n) is 4.90. The number of hydrogen-bond donors (Lipinski definition) is 1. The van der Waals surface area contributed by atoms with E-state index in [0.29, 0.717) is 5.82 Å². The van der Waals surface area contributed by atoms with Gasteiger partial charge in [0.1, 0.15) is 17.3 Å². The van der Waals surface area contributed by atoms with Crippen molar-refractivity contribution in [2.45, 2.75) is 6.92 Å². The fraction of sp³-hybridized carbons (Fsp3) is 0.188. The third-order valence-electron chi connectivity index (χ3n) is 3.58. The number of nitrogen functional groups attached to an aromatic ring is 1. The minimum Gasteiger partial charge on any atom is -0.496 e. The van der Waals surface area contributed by atoms with E-state index in [1.807, 2.05) is 31.3 Å². The Balaban J connectivity index is 2.30. The Morgan fingerprint density at radius 2 is 1.95 bits per heavy atom. The van der Waals surface area contributed by atoms with E-state index < -0.39 is 0 Å². The second-order valence-corrected chi connectivity index (χ2v) is 5.64. The quantitative estimate of drug-likeness (QED) is 0.802. The maximum Gasteiger partial charge on any atom is 0.130 e. The summed E-state index contributed by atoms with van der Waals surface area (Å²) >= 11 is 1.67. The second kappa shape index (κ2) is 5.26. The lowest BCUT2D eigenvalue weighted by atomic mass is 10.00. The molecule has 0 amide bonds. The van der Waals surface area contributed by atoms with Gasteiger partial charge >= 0.3 is 0 Å². The molecule has 2 aromatic heterocycles. The molecule has 0 aliphatic carbocycles. The Labute approximate surface area is 127 Å². The summed E-state index contributed by atoms with van der Waals surface area (Å²) < 4.78 is 7.19. The molecule has 2 N–H and O–H groups in total. The van der Waals surface area contributed by atoms with Gasteiger partial charge in [-0.1, -0.05) is 18.2 Å². The summed E-state index contributed by atoms with van der Waals surface area (Å²) in [5.41, 5.74) is 11.4. The van der Waals surface area contributed by atoms with Crippen molar-refractivity contribution in [3.63, 3.8) is 0 Å². The topological polar surface area (TPSA) is 53.1 Å². The summed E-state index contributed by atoms with van der Waals surface area (Å²) in [5.74, 6) is 1.44. The highest BCUT2D eigenvalue weighted by Gasteiger charge is 2.21. The van der Waals surface area contributed by atoms with Gasteiger partial charge in [-0.3, -0.25) is 4.68 Å². The average Bonchev–Trinajstić information content (AvgIpc) is 3.03. The largest absolute Gasteiger partial charge is 0.496 e. The van der Waals surface area contributed by atoms with Crippen LogP contribution in [0.4, 0.5) is 5.82 Å². The zero-order valence-corrected chi connectivity index (χ0v) is 13.1. The standard InChI is InChI=1S/C16H17N3OS/c1-10-8-21-9-12(10)15-14(16(17)19(2)18-15)11-6-4-5-7-13(11)20-3/h4-9H,17H2,1-3H3. The molecule has 21 heavy (non-hydrogen) atoms. The van der Waals surface area contributed by atoms with Crippen LogP contribution in [-0.4, -0.2) is 16.9 Å². The molecule has 0 spiro atoms. The van der Waals surface area contributed by atoms with Gasteiger partial charge in [0.05, 0.1) is 12.7 Å². The molecule has 0 fully saturated rings. The minimum absolute atomic E-state index is 0.639. The third kappa shape index (κ3) is 2.19. The van der Waals surface area contributed by atoms with Gasteiger partial charge in [0.2, 0.25) is 0 Å². The predicted molar refractivity (Wildman–Crippen MR) is 87.7 cm³/mol. The first-order valence-electron chi connectivity index (χ1n) is 6.62. The van der Waals surface area contributed by atoms with Crippen LogP contribution in [0, 0.1) is 6.92 Å². The van der Waals surface area contributed by atoms with Gasteiger partial charge < -0.3 is 10.5 Å². The SMILES string of the molecule is COc1ccccc1-c1c(-c2cscc2C)nn(C)c1N. The number of para-hydroxylation sites is 1. The zero-order chi connectivity index (χ0) is 15.0. The van der Waals surface area contributed by atoms with Crippen molar-refractivity contribution in [2.24, 2.45) is 7.05 Å². The number of hydrogen-bond acceptors (Lipinski definition) is 4. The first kappa shape index (κ1) is 13.7. The van der Waals surface area contributed by atoms with Crippen LogP contribution in [-0.2, 0) is 7.05 Å². The predicted octanol–water partition coefficient (Wildman–Crippen LogP) is 3.71. The summed E-state index contributed by atoms with van der Waals surface area (Å²) in [6.07, 6.45) is 0. The fourth-order valence-corrected chi connectivity index (χ4v) is 3.28. The number of aryl methyl sites for hydroxylation is 2. The van der Waals surface area contributed by atoms with Crippen LogP contribution >= 0.6 is 11.3 Å². The number of nitrogens with zero attached hydrogens (tertiary/aromatic N) is 2. The smallest absolute Gasteiger partial charge is 0.130 e. The van der Waals surface area contributed by atoms with Crippen molar-refractivity contribution in [1.29, 1.82) is 0 Å². The lowest BCUT2D eigenvalue weighted by Gasteiger charge is -2.09. The van der Waals surface area contributed by atoms with E-state index in [2.05, 4.69) is 22.8 Å². The van der Waals surface area contributed by atoms with E-state index >= 15 is 0 Å². The highest BCUT2D eigenvalue weighted by Crippen LogP contribution is 2.41. The maximum absolute atomic E-state index is 6.26. The molecule has 0 radical (unpaired) electrons. The molecule has 3 aromatic rings. The number of anilines is 1. The Hall–Kier alpha value is -2.27. The van der Waals surface area contributed by atoms with Gasteiger partial charge in [0.15, 0.2) is 0 Å². The number of benzene rings is 1. The molecular weight excluding hydrogens is 282 g/mol. The van der Waals surface area contributed by atoms with E-state index in [1.54, 1.807) is 23.1 Å². The Kier molecular flexibility index (Phi) is 3.43. The van der Waals surface area contributed by atoms with E-state index in [9.17, 15) is 0 Å². The van der Waals surface area contributed by atoms with Gasteiger partial charge in [0.25, 0.3) is 0 Å². The summed E-state index contributed by atoms with van der Waals surface area (Å²) in [4.78, 5) is 0. The molecule has 4 nitrogen and oxygen atoms in total. The van der Waals surface area contributed by atoms with Crippen LogP contribution in [0.25, 0.3) is 22.4 Å². The van der Waals surface area contributed by atoms with Crippen molar-refractivity contribution in [2.75, 3.05) is 12.8 Å². The normalized spacial score (nSPS) is 10.8. The molecule has 0 aliphatic rings. The fourth-order valence-electron chi connectivity index (χ4n) is 2.45. The molecule has 0 saturated heterocycles. The molecule has 1 aromatic carbocycles. The summed E-state index contributed by atoms with van der Waals surface area (Å²) in [5, 5.41) is 8.83. The van der Waals surface area contributed by atoms with Crippen LogP contribution in [0.1, 0.15) is 5.56 Å². The number of nitrogens with two attached hydrogens (primary N) is 1. The van der Waals surface area contributed by atoms with Crippen LogP contribution < -0.4 is 10.5 Å². The van der Waals surface area contributed by atoms with Crippen molar-refractivity contribution in [3.05, 3.63) is 40.6 Å². The van der Waals surface area contributed by atoms with Crippen LogP contribution in [0.5, 0.6) is 5.75 Å². The van der Waals surface area contributed by atoms with Crippen molar-refractivity contribution < 1.29 is 4.74 Å². The number of methoxy groups -OCH3 is 1. The minimum atomic E-state index is 0.639. The first-order chi connectivity index (χ1) is 10.1. The highest BCUT2D eigenvalue weighted by atomic mass is 32.1. The van der Waals surface area contributed by atoms with Gasteiger partial charge in [-0.2, -0.15) is 16.4 Å². The summed E-state index contributed by atoms with van der Waals surface area (Å²) in [6.45, 7) is 2.09. The van der Waals surface area contributed by atoms with E-state index in [0.717, 1.165) is 28.1 Å². The summed E-state index contributed by atoms with van der Waals surface area (Å²) in [7, 11) is 3.53. The van der Waals surface area contributed by atoms with Gasteiger partial charge in [-0.15, -0.1) is 0 Å². The maximum atomic E-state index is 6.26. The number of aromatic nitrogens is 2. The molecule has 0 atom stereocenters. The van der Waals surface area contributed by atoms with Crippen LogP contribution in [0.3, 0.4) is 0 Å². The number of rotatable bonds is 3. The lowest BCUT2D eigenvalue weighted by molar-refractivity contribution is 0.416. The molecule has 0 saturated carbocycles. The van der Waals surface area contributed by atoms with Crippen LogP contribution in [0.2, 0.25) is 0 Å². The Morgan fingerprint density at radius 3 is 2.62 bits per heavy atom. The van der Waals surface area contributed by atoms with E-state index in [1.165, 1.54) is 5.56 Å². The first-order valence-corrected chi connectivity index (χ1v) is 7.56. The van der Waals surface area contributed by atoms with Crippen LogP contribution in [0.15, 0.2) is 35.0 Å². The Morgan fingerprint density at radius 1 is 1.19 bits per heavy atom. The molecule has 0 unspecified atom stereocenters. The highest BCUT2D eigenvalue weighted by molar-refractivity contribution is 7.08. The molecule has 3 rings (SSSR count). The summed E-state index contributed by atoms with van der Waals surface area (Å²) in [6, 6.07) is 7.88. The molecule has 0 aliphatic heterocycles. The number of thiophene rings is 1. The molecule has 0 bridgehead atoms. The van der Waals surface area contributed by atoms with Gasteiger partial charge in [-0.25, -0.2) is 0 Å². The average molecular weight is 299 g/mol. The molecular formula is C16H17N3OS. The molecule has 108 valence electrons. The van der Waals surface area contributed by atoms with E-state index in [4.69, 9.17) is 10.5 Å². The van der Waals surface area contributed by atoms with Crippen molar-refractivity contribution in [3.8, 4) is 28.1 Å². The molecule has 5 heteroatoms. The zero-order valence-electron chi connectivity index (χ0n) is 12.3. The molecule has 2 heterocycles. The third-order valence-corrected chi connectivity index (χ3v) is 4.44.